The minimum atomic E-state index is -1.02. The van der Waals surface area contributed by atoms with Crippen LogP contribution in [-0.2, 0) is 6.61 Å². The Morgan fingerprint density at radius 3 is 2.76 bits per heavy atom. The van der Waals surface area contributed by atoms with Crippen molar-refractivity contribution < 1.29 is 14.6 Å². The van der Waals surface area contributed by atoms with Crippen LogP contribution in [-0.4, -0.2) is 16.1 Å². The SMILES string of the molecule is O=C(O)c1cncc(OCc2cccc3ccccc23)c1. The standard InChI is InChI=1S/C17H13NO3/c19-17(20)14-8-15(10-18-9-14)21-11-13-6-3-5-12-4-1-2-7-16(12)13/h1-10H,11H2,(H,19,20). The van der Waals surface area contributed by atoms with Crippen LogP contribution in [0.4, 0.5) is 0 Å². The lowest BCUT2D eigenvalue weighted by atomic mass is 10.1. The van der Waals surface area contributed by atoms with Crippen molar-refractivity contribution in [3.05, 3.63) is 72.1 Å². The van der Waals surface area contributed by atoms with Crippen molar-refractivity contribution in [3.63, 3.8) is 0 Å². The van der Waals surface area contributed by atoms with Crippen molar-refractivity contribution in [1.29, 1.82) is 0 Å². The van der Waals surface area contributed by atoms with Gasteiger partial charge < -0.3 is 9.84 Å². The largest absolute Gasteiger partial charge is 0.487 e. The first-order chi connectivity index (χ1) is 10.2. The molecule has 21 heavy (non-hydrogen) atoms. The van der Waals surface area contributed by atoms with Gasteiger partial charge in [-0.3, -0.25) is 4.98 Å². The van der Waals surface area contributed by atoms with E-state index in [9.17, 15) is 4.79 Å². The maximum atomic E-state index is 10.9. The molecule has 0 atom stereocenters. The number of carboxylic acid groups (broad SMARTS) is 1. The first-order valence-electron chi connectivity index (χ1n) is 6.52. The number of pyridine rings is 1. The van der Waals surface area contributed by atoms with Gasteiger partial charge in [0.25, 0.3) is 0 Å². The number of nitrogens with zero attached hydrogens (tertiary/aromatic N) is 1. The van der Waals surface area contributed by atoms with Gasteiger partial charge in [0.15, 0.2) is 0 Å². The van der Waals surface area contributed by atoms with Crippen LogP contribution >= 0.6 is 0 Å². The molecule has 1 aromatic heterocycles. The monoisotopic (exact) mass is 279 g/mol. The zero-order chi connectivity index (χ0) is 14.7. The zero-order valence-electron chi connectivity index (χ0n) is 11.2. The molecule has 0 fully saturated rings. The van der Waals surface area contributed by atoms with Crippen LogP contribution in [0.5, 0.6) is 5.75 Å². The number of rotatable bonds is 4. The fraction of sp³-hybridized carbons (Fsp3) is 0.0588. The summed E-state index contributed by atoms with van der Waals surface area (Å²) in [4.78, 5) is 14.8. The molecular formula is C17H13NO3. The highest BCUT2D eigenvalue weighted by molar-refractivity contribution is 5.87. The Kier molecular flexibility index (Phi) is 3.51. The Labute approximate surface area is 121 Å². The van der Waals surface area contributed by atoms with E-state index < -0.39 is 5.97 Å². The topological polar surface area (TPSA) is 59.4 Å². The minimum absolute atomic E-state index is 0.116. The van der Waals surface area contributed by atoms with Crippen LogP contribution < -0.4 is 4.74 Å². The zero-order valence-corrected chi connectivity index (χ0v) is 11.2. The Morgan fingerprint density at radius 2 is 1.90 bits per heavy atom. The van der Waals surface area contributed by atoms with E-state index in [1.165, 1.54) is 18.5 Å². The lowest BCUT2D eigenvalue weighted by molar-refractivity contribution is 0.0696. The predicted octanol–water partition coefficient (Wildman–Crippen LogP) is 3.51. The molecule has 104 valence electrons. The average Bonchev–Trinajstić information content (AvgIpc) is 2.53. The van der Waals surface area contributed by atoms with Crippen LogP contribution in [0.15, 0.2) is 60.9 Å². The third-order valence-electron chi connectivity index (χ3n) is 3.23. The maximum absolute atomic E-state index is 10.9. The van der Waals surface area contributed by atoms with Gasteiger partial charge in [-0.05, 0) is 22.4 Å². The van der Waals surface area contributed by atoms with Crippen LogP contribution in [0, 0.1) is 0 Å². The molecule has 0 aliphatic rings. The van der Waals surface area contributed by atoms with Crippen molar-refractivity contribution in [2.75, 3.05) is 0 Å². The summed E-state index contributed by atoms with van der Waals surface area (Å²) >= 11 is 0. The van der Waals surface area contributed by atoms with Gasteiger partial charge in [0, 0.05) is 6.20 Å². The fourth-order valence-corrected chi connectivity index (χ4v) is 2.19. The summed E-state index contributed by atoms with van der Waals surface area (Å²) < 4.78 is 5.67. The summed E-state index contributed by atoms with van der Waals surface area (Å²) in [5, 5.41) is 11.2. The summed E-state index contributed by atoms with van der Waals surface area (Å²) in [6.45, 7) is 0.367. The van der Waals surface area contributed by atoms with Crippen molar-refractivity contribution in [1.82, 2.24) is 4.98 Å². The molecule has 0 saturated heterocycles. The number of hydrogen-bond donors (Lipinski definition) is 1. The Balaban J connectivity index is 1.84. The molecule has 0 unspecified atom stereocenters. The molecular weight excluding hydrogens is 266 g/mol. The maximum Gasteiger partial charge on any atom is 0.337 e. The molecule has 1 N–H and O–H groups in total. The summed E-state index contributed by atoms with van der Waals surface area (Å²) in [7, 11) is 0. The van der Waals surface area contributed by atoms with Gasteiger partial charge in [0.05, 0.1) is 11.8 Å². The summed E-state index contributed by atoms with van der Waals surface area (Å²) in [5.74, 6) is -0.569. The molecule has 0 radical (unpaired) electrons. The summed E-state index contributed by atoms with van der Waals surface area (Å²) in [5.41, 5.74) is 1.17. The van der Waals surface area contributed by atoms with Crippen LogP contribution in [0.1, 0.15) is 15.9 Å². The lowest BCUT2D eigenvalue weighted by Crippen LogP contribution is -2.00. The molecule has 4 nitrogen and oxygen atoms in total. The highest BCUT2D eigenvalue weighted by Gasteiger charge is 2.06. The van der Waals surface area contributed by atoms with Gasteiger partial charge in [-0.1, -0.05) is 42.5 Å². The smallest absolute Gasteiger partial charge is 0.337 e. The van der Waals surface area contributed by atoms with E-state index in [0.29, 0.717) is 12.4 Å². The summed E-state index contributed by atoms with van der Waals surface area (Å²) in [6.07, 6.45) is 2.81. The van der Waals surface area contributed by atoms with E-state index in [2.05, 4.69) is 4.98 Å². The van der Waals surface area contributed by atoms with E-state index in [1.807, 2.05) is 42.5 Å². The third-order valence-corrected chi connectivity index (χ3v) is 3.23. The van der Waals surface area contributed by atoms with Crippen molar-refractivity contribution in [2.24, 2.45) is 0 Å². The molecule has 1 heterocycles. The highest BCUT2D eigenvalue weighted by Crippen LogP contribution is 2.20. The number of aromatic nitrogens is 1. The van der Waals surface area contributed by atoms with Crippen LogP contribution in [0.25, 0.3) is 10.8 Å². The Morgan fingerprint density at radius 1 is 1.10 bits per heavy atom. The predicted molar refractivity (Wildman–Crippen MR) is 79.5 cm³/mol. The van der Waals surface area contributed by atoms with Gasteiger partial charge in [0.1, 0.15) is 12.4 Å². The molecule has 0 saturated carbocycles. The molecule has 0 amide bonds. The second-order valence-corrected chi connectivity index (χ2v) is 4.64. The number of aromatic carboxylic acids is 1. The van der Waals surface area contributed by atoms with Crippen molar-refractivity contribution >= 4 is 16.7 Å². The van der Waals surface area contributed by atoms with Crippen LogP contribution in [0.2, 0.25) is 0 Å². The number of carbonyl (C=O) groups is 1. The Bertz CT molecular complexity index is 793. The number of fused-ring (bicyclic) bond motifs is 1. The number of ether oxygens (including phenoxy) is 1. The lowest BCUT2D eigenvalue weighted by Gasteiger charge is -2.09. The first-order valence-corrected chi connectivity index (χ1v) is 6.52. The average molecular weight is 279 g/mol. The van der Waals surface area contributed by atoms with Gasteiger partial charge in [-0.15, -0.1) is 0 Å². The number of hydrogen-bond acceptors (Lipinski definition) is 3. The molecule has 4 heteroatoms. The second-order valence-electron chi connectivity index (χ2n) is 4.64. The quantitative estimate of drug-likeness (QED) is 0.794. The summed E-state index contributed by atoms with van der Waals surface area (Å²) in [6, 6.07) is 15.6. The molecule has 0 spiro atoms. The molecule has 0 aliphatic carbocycles. The molecule has 3 aromatic rings. The second kappa shape index (κ2) is 5.63. The molecule has 3 rings (SSSR count). The van der Waals surface area contributed by atoms with Crippen molar-refractivity contribution in [3.8, 4) is 5.75 Å². The van der Waals surface area contributed by atoms with Gasteiger partial charge in [0.2, 0.25) is 0 Å². The van der Waals surface area contributed by atoms with Gasteiger partial charge in [-0.2, -0.15) is 0 Å². The highest BCUT2D eigenvalue weighted by atomic mass is 16.5. The van der Waals surface area contributed by atoms with Crippen molar-refractivity contribution in [2.45, 2.75) is 6.61 Å². The van der Waals surface area contributed by atoms with E-state index >= 15 is 0 Å². The van der Waals surface area contributed by atoms with Gasteiger partial charge in [-0.25, -0.2) is 4.79 Å². The first kappa shape index (κ1) is 13.1. The molecule has 2 aromatic carbocycles. The van der Waals surface area contributed by atoms with E-state index in [-0.39, 0.29) is 5.56 Å². The fourth-order valence-electron chi connectivity index (χ4n) is 2.19. The van der Waals surface area contributed by atoms with Gasteiger partial charge >= 0.3 is 5.97 Å². The Hall–Kier alpha value is -2.88. The van der Waals surface area contributed by atoms with Crippen LogP contribution in [0.3, 0.4) is 0 Å². The number of carboxylic acids is 1. The normalized spacial score (nSPS) is 10.5. The number of benzene rings is 2. The molecule has 0 aliphatic heterocycles. The van der Waals surface area contributed by atoms with E-state index in [4.69, 9.17) is 9.84 Å². The molecule has 0 bridgehead atoms. The van der Waals surface area contributed by atoms with E-state index in [0.717, 1.165) is 16.3 Å². The minimum Gasteiger partial charge on any atom is -0.487 e. The third kappa shape index (κ3) is 2.84. The van der Waals surface area contributed by atoms with E-state index in [1.54, 1.807) is 0 Å².